The third kappa shape index (κ3) is 4.99. The summed E-state index contributed by atoms with van der Waals surface area (Å²) in [5.74, 6) is 0.814. The Labute approximate surface area is 147 Å². The third-order valence-electron chi connectivity index (χ3n) is 2.97. The number of hydrogen-bond donors (Lipinski definition) is 1. The third-order valence-corrected chi connectivity index (χ3v) is 4.44. The molecule has 0 aliphatic heterocycles. The van der Waals surface area contributed by atoms with Crippen LogP contribution >= 0.6 is 43.5 Å². The summed E-state index contributed by atoms with van der Waals surface area (Å²) in [5, 5.41) is 4.00. The Morgan fingerprint density at radius 3 is 2.62 bits per heavy atom. The maximum Gasteiger partial charge on any atom is 0.134 e. The highest BCUT2D eigenvalue weighted by Gasteiger charge is 2.06. The van der Waals surface area contributed by atoms with E-state index in [1.165, 1.54) is 5.56 Å². The highest BCUT2D eigenvalue weighted by atomic mass is 79.9. The van der Waals surface area contributed by atoms with Gasteiger partial charge in [-0.05, 0) is 52.3 Å². The lowest BCUT2D eigenvalue weighted by atomic mass is 10.2. The first-order valence-electron chi connectivity index (χ1n) is 6.66. The molecule has 112 valence electrons. The van der Waals surface area contributed by atoms with Gasteiger partial charge in [-0.25, -0.2) is 0 Å². The average molecular weight is 434 g/mol. The predicted molar refractivity (Wildman–Crippen MR) is 95.0 cm³/mol. The van der Waals surface area contributed by atoms with Gasteiger partial charge >= 0.3 is 0 Å². The van der Waals surface area contributed by atoms with Crippen molar-refractivity contribution in [1.29, 1.82) is 0 Å². The molecule has 0 amide bonds. The normalized spacial score (nSPS) is 10.7. The summed E-state index contributed by atoms with van der Waals surface area (Å²) in [6.07, 6.45) is 0. The van der Waals surface area contributed by atoms with Crippen molar-refractivity contribution in [3.63, 3.8) is 0 Å². The average Bonchev–Trinajstić information content (AvgIpc) is 2.45. The van der Waals surface area contributed by atoms with Crippen LogP contribution in [-0.4, -0.2) is 6.54 Å². The zero-order valence-corrected chi connectivity index (χ0v) is 15.6. The van der Waals surface area contributed by atoms with Gasteiger partial charge < -0.3 is 10.1 Å². The van der Waals surface area contributed by atoms with Crippen LogP contribution in [0.2, 0.25) is 5.02 Å². The van der Waals surface area contributed by atoms with Gasteiger partial charge in [0.05, 0.1) is 4.47 Å². The van der Waals surface area contributed by atoms with Gasteiger partial charge in [-0.2, -0.15) is 0 Å². The lowest BCUT2D eigenvalue weighted by molar-refractivity contribution is 0.304. The van der Waals surface area contributed by atoms with Crippen molar-refractivity contribution in [2.45, 2.75) is 20.1 Å². The molecule has 0 bridgehead atoms. The van der Waals surface area contributed by atoms with E-state index < -0.39 is 0 Å². The highest BCUT2D eigenvalue weighted by molar-refractivity contribution is 9.10. The zero-order valence-electron chi connectivity index (χ0n) is 11.6. The van der Waals surface area contributed by atoms with Crippen molar-refractivity contribution in [2.24, 2.45) is 0 Å². The smallest absolute Gasteiger partial charge is 0.134 e. The van der Waals surface area contributed by atoms with Crippen LogP contribution < -0.4 is 10.1 Å². The van der Waals surface area contributed by atoms with Gasteiger partial charge in [0.25, 0.3) is 0 Å². The molecule has 2 aromatic rings. The van der Waals surface area contributed by atoms with E-state index in [1.807, 2.05) is 24.3 Å². The van der Waals surface area contributed by atoms with Crippen molar-refractivity contribution < 1.29 is 4.74 Å². The lowest BCUT2D eigenvalue weighted by Crippen LogP contribution is -2.11. The largest absolute Gasteiger partial charge is 0.488 e. The van der Waals surface area contributed by atoms with Crippen LogP contribution in [0.5, 0.6) is 5.75 Å². The SMILES string of the molecule is CCNCc1ccc(OCc2ccc(Br)cc2Cl)c(Br)c1. The molecule has 0 atom stereocenters. The fraction of sp³-hybridized carbons (Fsp3) is 0.250. The highest BCUT2D eigenvalue weighted by Crippen LogP contribution is 2.28. The van der Waals surface area contributed by atoms with Crippen LogP contribution in [-0.2, 0) is 13.2 Å². The van der Waals surface area contributed by atoms with Crippen molar-refractivity contribution in [1.82, 2.24) is 5.32 Å². The number of ether oxygens (including phenoxy) is 1. The van der Waals surface area contributed by atoms with Crippen LogP contribution in [0.15, 0.2) is 45.3 Å². The van der Waals surface area contributed by atoms with E-state index in [9.17, 15) is 0 Å². The molecular weight excluding hydrogens is 417 g/mol. The first-order valence-corrected chi connectivity index (χ1v) is 8.62. The Balaban J connectivity index is 2.02. The Morgan fingerprint density at radius 1 is 1.14 bits per heavy atom. The molecule has 0 aliphatic rings. The van der Waals surface area contributed by atoms with Gasteiger partial charge in [-0.3, -0.25) is 0 Å². The number of nitrogens with one attached hydrogen (secondary N) is 1. The molecule has 0 spiro atoms. The number of hydrogen-bond acceptors (Lipinski definition) is 2. The molecule has 0 unspecified atom stereocenters. The predicted octanol–water partition coefficient (Wildman–Crippen LogP) is 5.55. The number of benzene rings is 2. The van der Waals surface area contributed by atoms with E-state index in [2.05, 4.69) is 56.2 Å². The lowest BCUT2D eigenvalue weighted by Gasteiger charge is -2.11. The molecule has 0 aliphatic carbocycles. The summed E-state index contributed by atoms with van der Waals surface area (Å²) in [6.45, 7) is 4.34. The van der Waals surface area contributed by atoms with E-state index in [-0.39, 0.29) is 0 Å². The summed E-state index contributed by atoms with van der Waals surface area (Å²) in [5.41, 5.74) is 2.18. The topological polar surface area (TPSA) is 21.3 Å². The summed E-state index contributed by atoms with van der Waals surface area (Å²) < 4.78 is 7.75. The standard InChI is InChI=1S/C16H16Br2ClNO/c1-2-20-9-11-3-6-16(14(18)7-11)21-10-12-4-5-13(17)8-15(12)19/h3-8,20H,2,9-10H2,1H3. The quantitative estimate of drug-likeness (QED) is 0.645. The minimum absolute atomic E-state index is 0.442. The van der Waals surface area contributed by atoms with Crippen LogP contribution in [0.3, 0.4) is 0 Å². The molecule has 21 heavy (non-hydrogen) atoms. The monoisotopic (exact) mass is 431 g/mol. The minimum Gasteiger partial charge on any atom is -0.488 e. The van der Waals surface area contributed by atoms with Gasteiger partial charge in [0.2, 0.25) is 0 Å². The Bertz CT molecular complexity index is 619. The molecular formula is C16H16Br2ClNO. The van der Waals surface area contributed by atoms with Crippen molar-refractivity contribution in [3.05, 3.63) is 61.5 Å². The first kappa shape index (κ1) is 16.8. The van der Waals surface area contributed by atoms with Gasteiger partial charge in [0.15, 0.2) is 0 Å². The summed E-state index contributed by atoms with van der Waals surface area (Å²) >= 11 is 13.1. The minimum atomic E-state index is 0.442. The van der Waals surface area contributed by atoms with Crippen molar-refractivity contribution in [2.75, 3.05) is 6.54 Å². The molecule has 2 aromatic carbocycles. The Hall–Kier alpha value is -0.550. The van der Waals surface area contributed by atoms with Crippen LogP contribution in [0, 0.1) is 0 Å². The van der Waals surface area contributed by atoms with E-state index >= 15 is 0 Å². The fourth-order valence-electron chi connectivity index (χ4n) is 1.83. The Morgan fingerprint density at radius 2 is 1.95 bits per heavy atom. The maximum atomic E-state index is 6.19. The van der Waals surface area contributed by atoms with Gasteiger partial charge in [0, 0.05) is 21.6 Å². The molecule has 0 radical (unpaired) electrons. The van der Waals surface area contributed by atoms with Gasteiger partial charge in [0.1, 0.15) is 12.4 Å². The number of halogens is 3. The molecule has 1 N–H and O–H groups in total. The molecule has 0 heterocycles. The number of rotatable bonds is 6. The van der Waals surface area contributed by atoms with E-state index in [0.29, 0.717) is 11.6 Å². The zero-order chi connectivity index (χ0) is 15.2. The Kier molecular flexibility index (Phi) is 6.55. The van der Waals surface area contributed by atoms with E-state index in [4.69, 9.17) is 16.3 Å². The van der Waals surface area contributed by atoms with E-state index in [0.717, 1.165) is 33.3 Å². The van der Waals surface area contributed by atoms with Gasteiger partial charge in [-0.1, -0.05) is 46.6 Å². The van der Waals surface area contributed by atoms with Crippen LogP contribution in [0.4, 0.5) is 0 Å². The molecule has 0 saturated carbocycles. The molecule has 0 aromatic heterocycles. The molecule has 0 fully saturated rings. The first-order chi connectivity index (χ1) is 10.1. The van der Waals surface area contributed by atoms with Gasteiger partial charge in [-0.15, -0.1) is 0 Å². The molecule has 0 saturated heterocycles. The summed E-state index contributed by atoms with van der Waals surface area (Å²) in [4.78, 5) is 0. The van der Waals surface area contributed by atoms with Crippen LogP contribution in [0.25, 0.3) is 0 Å². The summed E-state index contributed by atoms with van der Waals surface area (Å²) in [6, 6.07) is 11.9. The van der Waals surface area contributed by atoms with Crippen molar-refractivity contribution >= 4 is 43.5 Å². The van der Waals surface area contributed by atoms with Crippen LogP contribution in [0.1, 0.15) is 18.1 Å². The second-order valence-corrected chi connectivity index (χ2v) is 6.75. The van der Waals surface area contributed by atoms with E-state index in [1.54, 1.807) is 0 Å². The van der Waals surface area contributed by atoms with Crippen molar-refractivity contribution in [3.8, 4) is 5.75 Å². The molecule has 5 heteroatoms. The molecule has 2 rings (SSSR count). The summed E-state index contributed by atoms with van der Waals surface area (Å²) in [7, 11) is 0. The second-order valence-electron chi connectivity index (χ2n) is 4.57. The maximum absolute atomic E-state index is 6.19. The molecule has 2 nitrogen and oxygen atoms in total. The second kappa shape index (κ2) is 8.18. The fourth-order valence-corrected chi connectivity index (χ4v) is 3.10.